The second kappa shape index (κ2) is 7.59. The van der Waals surface area contributed by atoms with Gasteiger partial charge in [-0.25, -0.2) is 0 Å². The Kier molecular flexibility index (Phi) is 5.49. The molecule has 2 aromatic rings. The van der Waals surface area contributed by atoms with E-state index in [-0.39, 0.29) is 5.91 Å². The van der Waals surface area contributed by atoms with E-state index in [4.69, 9.17) is 4.74 Å². The summed E-state index contributed by atoms with van der Waals surface area (Å²) in [5.41, 5.74) is 2.87. The maximum absolute atomic E-state index is 11.6. The van der Waals surface area contributed by atoms with Crippen LogP contribution in [0.3, 0.4) is 0 Å². The Morgan fingerprint density at radius 1 is 1.35 bits per heavy atom. The third-order valence-electron chi connectivity index (χ3n) is 2.75. The minimum absolute atomic E-state index is 0.0633. The molecule has 0 aliphatic heterocycles. The van der Waals surface area contributed by atoms with Crippen LogP contribution in [0.25, 0.3) is 0 Å². The van der Waals surface area contributed by atoms with E-state index in [9.17, 15) is 4.79 Å². The first-order valence-electron chi connectivity index (χ1n) is 6.55. The van der Waals surface area contributed by atoms with Gasteiger partial charge in [0.1, 0.15) is 11.3 Å². The number of rotatable bonds is 7. The topological polar surface area (TPSA) is 64.1 Å². The van der Waals surface area contributed by atoms with Crippen molar-refractivity contribution in [3.05, 3.63) is 35.3 Å². The largest absolute Gasteiger partial charge is 0.494 e. The molecule has 0 aliphatic rings. The van der Waals surface area contributed by atoms with Crippen molar-refractivity contribution in [1.82, 2.24) is 10.2 Å². The average molecular weight is 291 g/mol. The summed E-state index contributed by atoms with van der Waals surface area (Å²) in [6, 6.07) is 8.02. The van der Waals surface area contributed by atoms with E-state index in [2.05, 4.69) is 34.6 Å². The summed E-state index contributed by atoms with van der Waals surface area (Å²) in [6.07, 6.45) is 2.10. The number of nitrogens with one attached hydrogen (secondary N) is 1. The number of benzene rings is 1. The van der Waals surface area contributed by atoms with Crippen LogP contribution in [0.5, 0.6) is 5.75 Å². The molecular weight excluding hydrogens is 274 g/mol. The maximum Gasteiger partial charge on any atom is 0.226 e. The van der Waals surface area contributed by atoms with Crippen LogP contribution in [0.1, 0.15) is 25.3 Å². The SMILES string of the molecule is CCc1ccc(OCCCC(=O)Nc2nncs2)cc1. The number of carbonyl (C=O) groups excluding carboxylic acids is 1. The molecule has 6 heteroatoms. The zero-order valence-electron chi connectivity index (χ0n) is 11.3. The van der Waals surface area contributed by atoms with Gasteiger partial charge in [-0.15, -0.1) is 10.2 Å². The summed E-state index contributed by atoms with van der Waals surface area (Å²) in [5, 5.41) is 10.6. The highest BCUT2D eigenvalue weighted by molar-refractivity contribution is 7.13. The molecule has 20 heavy (non-hydrogen) atoms. The minimum Gasteiger partial charge on any atom is -0.494 e. The highest BCUT2D eigenvalue weighted by Gasteiger charge is 2.04. The summed E-state index contributed by atoms with van der Waals surface area (Å²) in [4.78, 5) is 11.6. The molecule has 0 saturated carbocycles. The fourth-order valence-electron chi connectivity index (χ4n) is 1.65. The fraction of sp³-hybridized carbons (Fsp3) is 0.357. The number of amides is 1. The van der Waals surface area contributed by atoms with Crippen LogP contribution < -0.4 is 10.1 Å². The number of aromatic nitrogens is 2. The van der Waals surface area contributed by atoms with Gasteiger partial charge in [0.05, 0.1) is 6.61 Å². The van der Waals surface area contributed by atoms with E-state index in [0.717, 1.165) is 12.2 Å². The Hall–Kier alpha value is -1.95. The lowest BCUT2D eigenvalue weighted by atomic mass is 10.2. The van der Waals surface area contributed by atoms with Crippen LogP contribution in [-0.4, -0.2) is 22.7 Å². The normalized spacial score (nSPS) is 10.2. The molecule has 0 spiro atoms. The Bertz CT molecular complexity index is 526. The lowest BCUT2D eigenvalue weighted by Crippen LogP contribution is -2.12. The molecule has 1 heterocycles. The van der Waals surface area contributed by atoms with Crippen LogP contribution in [-0.2, 0) is 11.2 Å². The second-order valence-electron chi connectivity index (χ2n) is 4.24. The number of hydrogen-bond donors (Lipinski definition) is 1. The van der Waals surface area contributed by atoms with Crippen molar-refractivity contribution in [3.8, 4) is 5.75 Å². The molecule has 0 radical (unpaired) electrons. The Balaban J connectivity index is 1.64. The summed E-state index contributed by atoms with van der Waals surface area (Å²) >= 11 is 1.31. The number of aryl methyl sites for hydroxylation is 1. The Labute approximate surface area is 122 Å². The van der Waals surface area contributed by atoms with Crippen molar-refractivity contribution in [1.29, 1.82) is 0 Å². The molecule has 1 aromatic heterocycles. The second-order valence-corrected chi connectivity index (χ2v) is 5.07. The molecule has 0 atom stereocenters. The lowest BCUT2D eigenvalue weighted by molar-refractivity contribution is -0.116. The molecule has 1 aromatic carbocycles. The number of hydrogen-bond acceptors (Lipinski definition) is 5. The first-order valence-corrected chi connectivity index (χ1v) is 7.43. The Morgan fingerprint density at radius 3 is 2.80 bits per heavy atom. The van der Waals surface area contributed by atoms with Gasteiger partial charge in [0.2, 0.25) is 11.0 Å². The summed E-state index contributed by atoms with van der Waals surface area (Å²) < 4.78 is 5.59. The van der Waals surface area contributed by atoms with Crippen LogP contribution in [0.15, 0.2) is 29.8 Å². The molecule has 0 unspecified atom stereocenters. The number of ether oxygens (including phenoxy) is 1. The predicted molar refractivity (Wildman–Crippen MR) is 79.1 cm³/mol. The van der Waals surface area contributed by atoms with Gasteiger partial charge in [-0.3, -0.25) is 4.79 Å². The van der Waals surface area contributed by atoms with Gasteiger partial charge in [0.25, 0.3) is 0 Å². The van der Waals surface area contributed by atoms with E-state index in [1.54, 1.807) is 5.51 Å². The first-order chi connectivity index (χ1) is 9.78. The van der Waals surface area contributed by atoms with Gasteiger partial charge in [0, 0.05) is 6.42 Å². The van der Waals surface area contributed by atoms with E-state index in [1.165, 1.54) is 16.9 Å². The standard InChI is InChI=1S/C14H17N3O2S/c1-2-11-5-7-12(8-6-11)19-9-3-4-13(18)16-14-17-15-10-20-14/h5-8,10H,2-4,9H2,1H3,(H,16,17,18). The summed E-state index contributed by atoms with van der Waals surface area (Å²) in [5.74, 6) is 0.776. The smallest absolute Gasteiger partial charge is 0.226 e. The van der Waals surface area contributed by atoms with E-state index < -0.39 is 0 Å². The van der Waals surface area contributed by atoms with Crippen LogP contribution in [0.2, 0.25) is 0 Å². The number of anilines is 1. The van der Waals surface area contributed by atoms with E-state index in [1.807, 2.05) is 12.1 Å². The van der Waals surface area contributed by atoms with E-state index in [0.29, 0.717) is 24.6 Å². The Morgan fingerprint density at radius 2 is 2.15 bits per heavy atom. The molecule has 0 bridgehead atoms. The molecule has 0 fully saturated rings. The zero-order chi connectivity index (χ0) is 14.2. The van der Waals surface area contributed by atoms with Crippen molar-refractivity contribution < 1.29 is 9.53 Å². The maximum atomic E-state index is 11.6. The monoisotopic (exact) mass is 291 g/mol. The number of carbonyl (C=O) groups is 1. The van der Waals surface area contributed by atoms with Crippen LogP contribution >= 0.6 is 11.3 Å². The average Bonchev–Trinajstić information content (AvgIpc) is 2.97. The third-order valence-corrected chi connectivity index (χ3v) is 3.36. The van der Waals surface area contributed by atoms with Crippen LogP contribution in [0, 0.1) is 0 Å². The molecule has 0 aliphatic carbocycles. The highest BCUT2D eigenvalue weighted by atomic mass is 32.1. The molecule has 1 amide bonds. The summed E-state index contributed by atoms with van der Waals surface area (Å²) in [7, 11) is 0. The van der Waals surface area contributed by atoms with Crippen molar-refractivity contribution in [2.24, 2.45) is 0 Å². The zero-order valence-corrected chi connectivity index (χ0v) is 12.2. The fourth-order valence-corrected chi connectivity index (χ4v) is 2.11. The first kappa shape index (κ1) is 14.5. The summed E-state index contributed by atoms with van der Waals surface area (Å²) in [6.45, 7) is 2.64. The lowest BCUT2D eigenvalue weighted by Gasteiger charge is -2.06. The van der Waals surface area contributed by atoms with Gasteiger partial charge in [-0.1, -0.05) is 30.4 Å². The molecule has 0 saturated heterocycles. The third kappa shape index (κ3) is 4.62. The van der Waals surface area contributed by atoms with Crippen LogP contribution in [0.4, 0.5) is 5.13 Å². The van der Waals surface area contributed by atoms with Gasteiger partial charge in [-0.05, 0) is 30.5 Å². The van der Waals surface area contributed by atoms with Crippen molar-refractivity contribution in [2.75, 3.05) is 11.9 Å². The molecular formula is C14H17N3O2S. The minimum atomic E-state index is -0.0633. The molecule has 5 nitrogen and oxygen atoms in total. The van der Waals surface area contributed by atoms with Crippen molar-refractivity contribution >= 4 is 22.4 Å². The molecule has 2 rings (SSSR count). The van der Waals surface area contributed by atoms with Crippen molar-refractivity contribution in [3.63, 3.8) is 0 Å². The van der Waals surface area contributed by atoms with Gasteiger partial charge < -0.3 is 10.1 Å². The van der Waals surface area contributed by atoms with Crippen molar-refractivity contribution in [2.45, 2.75) is 26.2 Å². The van der Waals surface area contributed by atoms with Gasteiger partial charge in [-0.2, -0.15) is 0 Å². The molecule has 1 N–H and O–H groups in total. The number of nitrogens with zero attached hydrogens (tertiary/aromatic N) is 2. The van der Waals surface area contributed by atoms with Gasteiger partial charge in [0.15, 0.2) is 0 Å². The van der Waals surface area contributed by atoms with E-state index >= 15 is 0 Å². The highest BCUT2D eigenvalue weighted by Crippen LogP contribution is 2.13. The quantitative estimate of drug-likeness (QED) is 0.797. The molecule has 106 valence electrons. The predicted octanol–water partition coefficient (Wildman–Crippen LogP) is 2.90. The van der Waals surface area contributed by atoms with Gasteiger partial charge >= 0.3 is 0 Å².